The maximum atomic E-state index is 5.29. The molecule has 0 aliphatic carbocycles. The Morgan fingerprint density at radius 1 is 0.833 bits per heavy atom. The maximum absolute atomic E-state index is 5.29. The first kappa shape index (κ1) is 8.81. The van der Waals surface area contributed by atoms with Crippen molar-refractivity contribution in [3.63, 3.8) is 0 Å². The van der Waals surface area contributed by atoms with E-state index in [9.17, 15) is 0 Å². The molecule has 0 amide bonds. The summed E-state index contributed by atoms with van der Waals surface area (Å²) in [5.74, 6) is 0. The molecule has 2 aliphatic rings. The fraction of sp³-hybridized carbons (Fsp3) is 1.00. The Labute approximate surface area is 78.3 Å². The minimum atomic E-state index is 0.904. The summed E-state index contributed by atoms with van der Waals surface area (Å²) in [7, 11) is 0. The van der Waals surface area contributed by atoms with Gasteiger partial charge in [0.2, 0.25) is 0 Å². The van der Waals surface area contributed by atoms with Crippen molar-refractivity contribution in [2.45, 2.75) is 12.8 Å². The molecule has 4 heteroatoms. The third-order valence-corrected chi connectivity index (χ3v) is 3.46. The van der Waals surface area contributed by atoms with Gasteiger partial charge in [-0.25, -0.2) is 8.61 Å². The summed E-state index contributed by atoms with van der Waals surface area (Å²) in [4.78, 5) is 0. The molecule has 0 aromatic carbocycles. The van der Waals surface area contributed by atoms with E-state index in [1.807, 2.05) is 12.1 Å². The van der Waals surface area contributed by atoms with Gasteiger partial charge < -0.3 is 4.74 Å². The lowest BCUT2D eigenvalue weighted by Crippen LogP contribution is -2.34. The molecular weight excluding hydrogens is 172 g/mol. The Hall–Kier alpha value is 0.230. The number of hydrogen-bond acceptors (Lipinski definition) is 4. The average Bonchev–Trinajstić information content (AvgIpc) is 2.59. The first-order valence-corrected chi connectivity index (χ1v) is 5.44. The number of morpholine rings is 1. The standard InChI is InChI=1S/C8H16N2OS/c1-2-4-9(3-1)12-10-5-7-11-8-6-10/h1-8H2. The summed E-state index contributed by atoms with van der Waals surface area (Å²) in [6, 6.07) is 0. The Morgan fingerprint density at radius 2 is 1.42 bits per heavy atom. The molecule has 0 saturated carbocycles. The minimum absolute atomic E-state index is 0.904. The van der Waals surface area contributed by atoms with Gasteiger partial charge in [-0.3, -0.25) is 0 Å². The average molecular weight is 188 g/mol. The number of ether oxygens (including phenoxy) is 1. The molecule has 12 heavy (non-hydrogen) atoms. The molecule has 2 saturated heterocycles. The molecule has 0 N–H and O–H groups in total. The van der Waals surface area contributed by atoms with Gasteiger partial charge >= 0.3 is 0 Å². The zero-order valence-electron chi connectivity index (χ0n) is 7.37. The van der Waals surface area contributed by atoms with Crippen LogP contribution in [0, 0.1) is 0 Å². The second-order valence-electron chi connectivity index (χ2n) is 3.26. The molecule has 0 bridgehead atoms. The molecule has 2 aliphatic heterocycles. The lowest BCUT2D eigenvalue weighted by Gasteiger charge is -2.28. The van der Waals surface area contributed by atoms with Crippen molar-refractivity contribution in [3.05, 3.63) is 0 Å². The summed E-state index contributed by atoms with van der Waals surface area (Å²) in [6.45, 7) is 6.51. The Balaban J connectivity index is 1.69. The van der Waals surface area contributed by atoms with Crippen molar-refractivity contribution in [2.75, 3.05) is 39.4 Å². The van der Waals surface area contributed by atoms with Gasteiger partial charge in [-0.15, -0.1) is 0 Å². The van der Waals surface area contributed by atoms with E-state index in [0.717, 1.165) is 26.3 Å². The van der Waals surface area contributed by atoms with Gasteiger partial charge in [-0.05, 0) is 12.8 Å². The van der Waals surface area contributed by atoms with Gasteiger partial charge in [0.15, 0.2) is 0 Å². The van der Waals surface area contributed by atoms with E-state index in [1.54, 1.807) is 0 Å². The highest BCUT2D eigenvalue weighted by molar-refractivity contribution is 7.94. The predicted molar refractivity (Wildman–Crippen MR) is 50.8 cm³/mol. The second-order valence-corrected chi connectivity index (χ2v) is 4.46. The topological polar surface area (TPSA) is 15.7 Å². The Kier molecular flexibility index (Phi) is 3.28. The molecule has 3 nitrogen and oxygen atoms in total. The second kappa shape index (κ2) is 4.46. The van der Waals surface area contributed by atoms with E-state index >= 15 is 0 Å². The van der Waals surface area contributed by atoms with Crippen molar-refractivity contribution < 1.29 is 4.74 Å². The van der Waals surface area contributed by atoms with Crippen molar-refractivity contribution in [2.24, 2.45) is 0 Å². The van der Waals surface area contributed by atoms with Crippen LogP contribution < -0.4 is 0 Å². The first-order chi connectivity index (χ1) is 5.95. The SMILES string of the molecule is C1CCN(SN2CCOCC2)C1. The summed E-state index contributed by atoms with van der Waals surface area (Å²) in [5, 5.41) is 0. The van der Waals surface area contributed by atoms with E-state index in [0.29, 0.717) is 0 Å². The zero-order chi connectivity index (χ0) is 8.23. The van der Waals surface area contributed by atoms with Crippen LogP contribution >= 0.6 is 12.1 Å². The summed E-state index contributed by atoms with van der Waals surface area (Å²) in [6.07, 6.45) is 2.74. The highest BCUT2D eigenvalue weighted by atomic mass is 32.2. The highest BCUT2D eigenvalue weighted by Gasteiger charge is 2.18. The molecule has 0 aromatic heterocycles. The molecule has 0 unspecified atom stereocenters. The smallest absolute Gasteiger partial charge is 0.0603 e. The molecule has 2 heterocycles. The van der Waals surface area contributed by atoms with Gasteiger partial charge in [0.05, 0.1) is 13.2 Å². The monoisotopic (exact) mass is 188 g/mol. The van der Waals surface area contributed by atoms with Gasteiger partial charge in [-0.1, -0.05) is 0 Å². The van der Waals surface area contributed by atoms with E-state index < -0.39 is 0 Å². The molecular formula is C8H16N2OS. The van der Waals surface area contributed by atoms with Crippen LogP contribution in [-0.4, -0.2) is 48.0 Å². The fourth-order valence-corrected chi connectivity index (χ4v) is 2.62. The lowest BCUT2D eigenvalue weighted by atomic mass is 10.4. The summed E-state index contributed by atoms with van der Waals surface area (Å²) < 4.78 is 10.2. The largest absolute Gasteiger partial charge is 0.379 e. The van der Waals surface area contributed by atoms with Crippen LogP contribution in [0.15, 0.2) is 0 Å². The quantitative estimate of drug-likeness (QED) is 0.600. The van der Waals surface area contributed by atoms with Gasteiger partial charge in [0.25, 0.3) is 0 Å². The third-order valence-electron chi connectivity index (χ3n) is 2.27. The molecule has 0 aromatic rings. The van der Waals surface area contributed by atoms with E-state index in [1.165, 1.54) is 25.9 Å². The van der Waals surface area contributed by atoms with E-state index in [2.05, 4.69) is 8.61 Å². The fourth-order valence-electron chi connectivity index (χ4n) is 1.56. The van der Waals surface area contributed by atoms with Crippen molar-refractivity contribution in [1.82, 2.24) is 8.61 Å². The van der Waals surface area contributed by atoms with E-state index in [4.69, 9.17) is 4.74 Å². The van der Waals surface area contributed by atoms with Gasteiger partial charge in [0.1, 0.15) is 0 Å². The van der Waals surface area contributed by atoms with Crippen molar-refractivity contribution >= 4 is 12.1 Å². The van der Waals surface area contributed by atoms with Gasteiger partial charge in [-0.2, -0.15) is 0 Å². The molecule has 70 valence electrons. The normalized spacial score (nSPS) is 28.0. The van der Waals surface area contributed by atoms with Crippen molar-refractivity contribution in [1.29, 1.82) is 0 Å². The lowest BCUT2D eigenvalue weighted by molar-refractivity contribution is 0.0760. The van der Waals surface area contributed by atoms with Gasteiger partial charge in [0, 0.05) is 38.3 Å². The molecule has 0 atom stereocenters. The summed E-state index contributed by atoms with van der Waals surface area (Å²) >= 11 is 1.91. The van der Waals surface area contributed by atoms with Crippen LogP contribution in [0.4, 0.5) is 0 Å². The Bertz CT molecular complexity index is 133. The third kappa shape index (κ3) is 2.36. The first-order valence-electron chi connectivity index (χ1n) is 4.71. The number of nitrogens with zero attached hydrogens (tertiary/aromatic N) is 2. The van der Waals surface area contributed by atoms with Crippen LogP contribution in [0.25, 0.3) is 0 Å². The van der Waals surface area contributed by atoms with E-state index in [-0.39, 0.29) is 0 Å². The highest BCUT2D eigenvalue weighted by Crippen LogP contribution is 2.22. The maximum Gasteiger partial charge on any atom is 0.0603 e. The molecule has 0 radical (unpaired) electrons. The number of hydrogen-bond donors (Lipinski definition) is 0. The van der Waals surface area contributed by atoms with Crippen LogP contribution in [0.5, 0.6) is 0 Å². The van der Waals surface area contributed by atoms with Crippen LogP contribution in [-0.2, 0) is 4.74 Å². The van der Waals surface area contributed by atoms with Crippen LogP contribution in [0.1, 0.15) is 12.8 Å². The molecule has 2 rings (SSSR count). The van der Waals surface area contributed by atoms with Crippen molar-refractivity contribution in [3.8, 4) is 0 Å². The van der Waals surface area contributed by atoms with Crippen LogP contribution in [0.3, 0.4) is 0 Å². The van der Waals surface area contributed by atoms with Crippen LogP contribution in [0.2, 0.25) is 0 Å². The minimum Gasteiger partial charge on any atom is -0.379 e. The Morgan fingerprint density at radius 3 is 2.08 bits per heavy atom. The number of rotatable bonds is 2. The predicted octanol–water partition coefficient (Wildman–Crippen LogP) is 0.978. The molecule has 2 fully saturated rings. The zero-order valence-corrected chi connectivity index (χ0v) is 8.18. The molecule has 0 spiro atoms. The summed E-state index contributed by atoms with van der Waals surface area (Å²) in [5.41, 5.74) is 0.